The first-order chi connectivity index (χ1) is 14.2. The maximum Gasteiger partial charge on any atom is 0.248 e. The molecule has 2 aromatic carbocycles. The Morgan fingerprint density at radius 1 is 1.10 bits per heavy atom. The zero-order valence-corrected chi connectivity index (χ0v) is 16.8. The van der Waals surface area contributed by atoms with Gasteiger partial charge in [-0.25, -0.2) is 9.97 Å². The number of amides is 1. The molecule has 1 fully saturated rings. The summed E-state index contributed by atoms with van der Waals surface area (Å²) in [6, 6.07) is 17.7. The van der Waals surface area contributed by atoms with Crippen LogP contribution in [0.1, 0.15) is 21.7 Å². The summed E-state index contributed by atoms with van der Waals surface area (Å²) in [4.78, 5) is 23.7. The van der Waals surface area contributed by atoms with E-state index < -0.39 is 5.91 Å². The van der Waals surface area contributed by atoms with Crippen molar-refractivity contribution >= 4 is 23.4 Å². The highest BCUT2D eigenvalue weighted by atomic mass is 32.2. The van der Waals surface area contributed by atoms with Crippen LogP contribution >= 0.6 is 11.8 Å². The minimum absolute atomic E-state index is 0.434. The van der Waals surface area contributed by atoms with Crippen LogP contribution in [0.3, 0.4) is 0 Å². The molecule has 0 bridgehead atoms. The molecule has 29 heavy (non-hydrogen) atoms. The van der Waals surface area contributed by atoms with Crippen LogP contribution in [-0.2, 0) is 11.2 Å². The highest BCUT2D eigenvalue weighted by Crippen LogP contribution is 2.27. The van der Waals surface area contributed by atoms with Crippen LogP contribution in [0, 0.1) is 0 Å². The van der Waals surface area contributed by atoms with Gasteiger partial charge in [-0.1, -0.05) is 30.0 Å². The lowest BCUT2D eigenvalue weighted by Gasteiger charge is -2.28. The molecule has 0 atom stereocenters. The number of hydrogen-bond donors (Lipinski definition) is 1. The lowest BCUT2D eigenvalue weighted by Crippen LogP contribution is -2.36. The predicted octanol–water partition coefficient (Wildman–Crippen LogP) is 3.15. The van der Waals surface area contributed by atoms with Crippen LogP contribution in [0.15, 0.2) is 70.7 Å². The van der Waals surface area contributed by atoms with Gasteiger partial charge in [0.25, 0.3) is 0 Å². The van der Waals surface area contributed by atoms with Crippen LogP contribution in [0.4, 0.5) is 5.69 Å². The minimum Gasteiger partial charge on any atom is -0.378 e. The smallest absolute Gasteiger partial charge is 0.248 e. The molecule has 1 aromatic heterocycles. The predicted molar refractivity (Wildman–Crippen MR) is 113 cm³/mol. The van der Waals surface area contributed by atoms with E-state index in [1.54, 1.807) is 18.3 Å². The van der Waals surface area contributed by atoms with E-state index in [1.165, 1.54) is 23.0 Å². The second kappa shape index (κ2) is 9.07. The molecule has 4 rings (SSSR count). The van der Waals surface area contributed by atoms with E-state index >= 15 is 0 Å². The molecule has 1 aliphatic heterocycles. The lowest BCUT2D eigenvalue weighted by molar-refractivity contribution is 0.1000. The Bertz CT molecular complexity index is 988. The van der Waals surface area contributed by atoms with Crippen molar-refractivity contribution in [1.29, 1.82) is 0 Å². The van der Waals surface area contributed by atoms with Gasteiger partial charge in [-0.2, -0.15) is 0 Å². The molecular weight excluding hydrogens is 384 g/mol. The fourth-order valence-electron chi connectivity index (χ4n) is 3.18. The van der Waals surface area contributed by atoms with Crippen molar-refractivity contribution in [3.8, 4) is 0 Å². The number of morpholine rings is 1. The van der Waals surface area contributed by atoms with Gasteiger partial charge in [-0.15, -0.1) is 0 Å². The third-order valence-electron chi connectivity index (χ3n) is 4.70. The van der Waals surface area contributed by atoms with Crippen molar-refractivity contribution in [2.75, 3.05) is 31.2 Å². The first kappa shape index (κ1) is 19.4. The SMILES string of the molecule is NC(=O)c1cccc(Sc2ccnc(Cc3ccc(N4CCOCC4)cc3)n2)c1. The first-order valence-corrected chi connectivity index (χ1v) is 10.3. The molecule has 0 spiro atoms. The standard InChI is InChI=1S/C22H22N4O2S/c23-22(27)17-2-1-3-19(15-17)29-21-8-9-24-20(25-21)14-16-4-6-18(7-5-16)26-10-12-28-13-11-26/h1-9,15H,10-14H2,(H2,23,27). The molecule has 0 radical (unpaired) electrons. The van der Waals surface area contributed by atoms with Gasteiger partial charge in [0.15, 0.2) is 0 Å². The second-order valence-electron chi connectivity index (χ2n) is 6.75. The van der Waals surface area contributed by atoms with Gasteiger partial charge in [0.1, 0.15) is 10.9 Å². The number of ether oxygens (including phenoxy) is 1. The number of aromatic nitrogens is 2. The molecule has 0 unspecified atom stereocenters. The fraction of sp³-hybridized carbons (Fsp3) is 0.227. The Morgan fingerprint density at radius 3 is 2.66 bits per heavy atom. The second-order valence-corrected chi connectivity index (χ2v) is 7.84. The van der Waals surface area contributed by atoms with Crippen molar-refractivity contribution < 1.29 is 9.53 Å². The van der Waals surface area contributed by atoms with E-state index in [9.17, 15) is 4.79 Å². The van der Waals surface area contributed by atoms with Gasteiger partial charge >= 0.3 is 0 Å². The molecule has 7 heteroatoms. The molecule has 1 amide bonds. The largest absolute Gasteiger partial charge is 0.378 e. The third-order valence-corrected chi connectivity index (χ3v) is 5.62. The molecule has 2 N–H and O–H groups in total. The van der Waals surface area contributed by atoms with Gasteiger partial charge in [-0.3, -0.25) is 4.79 Å². The normalized spacial score (nSPS) is 14.0. The van der Waals surface area contributed by atoms with E-state index in [0.717, 1.165) is 42.0 Å². The Balaban J connectivity index is 1.43. The summed E-state index contributed by atoms with van der Waals surface area (Å²) in [6.07, 6.45) is 2.43. The molecule has 3 aromatic rings. The van der Waals surface area contributed by atoms with Gasteiger partial charge in [0.2, 0.25) is 5.91 Å². The number of benzene rings is 2. The summed E-state index contributed by atoms with van der Waals surface area (Å²) in [5, 5.41) is 0.835. The molecule has 2 heterocycles. The van der Waals surface area contributed by atoms with Crippen LogP contribution in [0.2, 0.25) is 0 Å². The average Bonchev–Trinajstić information content (AvgIpc) is 2.75. The first-order valence-electron chi connectivity index (χ1n) is 9.49. The quantitative estimate of drug-likeness (QED) is 0.634. The maximum atomic E-state index is 11.4. The van der Waals surface area contributed by atoms with Crippen molar-refractivity contribution in [3.05, 3.63) is 77.7 Å². The van der Waals surface area contributed by atoms with Gasteiger partial charge < -0.3 is 15.4 Å². The van der Waals surface area contributed by atoms with Crippen molar-refractivity contribution in [2.24, 2.45) is 5.73 Å². The van der Waals surface area contributed by atoms with E-state index in [1.807, 2.05) is 18.2 Å². The summed E-state index contributed by atoms with van der Waals surface area (Å²) in [5.41, 5.74) is 8.24. The summed E-state index contributed by atoms with van der Waals surface area (Å²) in [5.74, 6) is 0.330. The topological polar surface area (TPSA) is 81.3 Å². The van der Waals surface area contributed by atoms with E-state index in [4.69, 9.17) is 10.5 Å². The number of hydrogen-bond acceptors (Lipinski definition) is 6. The number of carbonyl (C=O) groups excluding carboxylic acids is 1. The monoisotopic (exact) mass is 406 g/mol. The Morgan fingerprint density at radius 2 is 1.90 bits per heavy atom. The van der Waals surface area contributed by atoms with Gasteiger partial charge in [0.05, 0.1) is 13.2 Å². The van der Waals surface area contributed by atoms with Crippen molar-refractivity contribution in [1.82, 2.24) is 9.97 Å². The molecule has 0 aliphatic carbocycles. The highest BCUT2D eigenvalue weighted by Gasteiger charge is 2.11. The zero-order valence-electron chi connectivity index (χ0n) is 16.0. The Kier molecular flexibility index (Phi) is 6.07. The summed E-state index contributed by atoms with van der Waals surface area (Å²) >= 11 is 1.49. The van der Waals surface area contributed by atoms with Crippen LogP contribution in [0.5, 0.6) is 0 Å². The Hall–Kier alpha value is -2.90. The average molecular weight is 407 g/mol. The molecular formula is C22H22N4O2S. The minimum atomic E-state index is -0.434. The number of carbonyl (C=O) groups is 1. The number of primary amides is 1. The zero-order chi connectivity index (χ0) is 20.1. The van der Waals surface area contributed by atoms with Crippen LogP contribution in [-0.4, -0.2) is 42.2 Å². The van der Waals surface area contributed by atoms with Gasteiger partial charge in [-0.05, 0) is 42.0 Å². The number of rotatable bonds is 6. The highest BCUT2D eigenvalue weighted by molar-refractivity contribution is 7.99. The van der Waals surface area contributed by atoms with Crippen molar-refractivity contribution in [2.45, 2.75) is 16.3 Å². The molecule has 1 aliphatic rings. The van der Waals surface area contributed by atoms with E-state index in [-0.39, 0.29) is 0 Å². The summed E-state index contributed by atoms with van der Waals surface area (Å²) in [6.45, 7) is 3.42. The summed E-state index contributed by atoms with van der Waals surface area (Å²) in [7, 11) is 0. The van der Waals surface area contributed by atoms with E-state index in [2.05, 4.69) is 39.1 Å². The maximum absolute atomic E-state index is 11.4. The number of nitrogens with two attached hydrogens (primary N) is 1. The van der Waals surface area contributed by atoms with Crippen LogP contribution < -0.4 is 10.6 Å². The van der Waals surface area contributed by atoms with E-state index in [0.29, 0.717) is 12.0 Å². The number of nitrogens with zero attached hydrogens (tertiary/aromatic N) is 3. The number of anilines is 1. The van der Waals surface area contributed by atoms with Gasteiger partial charge in [0, 0.05) is 41.9 Å². The molecule has 1 saturated heterocycles. The van der Waals surface area contributed by atoms with Crippen molar-refractivity contribution in [3.63, 3.8) is 0 Å². The van der Waals surface area contributed by atoms with Crippen LogP contribution in [0.25, 0.3) is 0 Å². The third kappa shape index (κ3) is 5.13. The molecule has 6 nitrogen and oxygen atoms in total. The molecule has 148 valence electrons. The Labute approximate surface area is 174 Å². The lowest BCUT2D eigenvalue weighted by atomic mass is 10.1. The summed E-state index contributed by atoms with van der Waals surface area (Å²) < 4.78 is 5.41. The fourth-order valence-corrected chi connectivity index (χ4v) is 4.04. The molecule has 0 saturated carbocycles.